The molecule has 0 aliphatic heterocycles. The fraction of sp³-hybridized carbons (Fsp3) is 0.368. The molecule has 1 heteroatoms. The van der Waals surface area contributed by atoms with Crippen molar-refractivity contribution >= 4 is 22.6 Å². The zero-order chi connectivity index (χ0) is 14.5. The van der Waals surface area contributed by atoms with Gasteiger partial charge < -0.3 is 0 Å². The second-order valence-electron chi connectivity index (χ2n) is 5.54. The Morgan fingerprint density at radius 2 is 1.45 bits per heavy atom. The van der Waals surface area contributed by atoms with Crippen LogP contribution in [0.2, 0.25) is 0 Å². The Kier molecular flexibility index (Phi) is 5.64. The van der Waals surface area contributed by atoms with Crippen molar-refractivity contribution in [2.45, 2.75) is 46.5 Å². The SMILES string of the molecule is CCc1ccc(CCCc2ccc(I)cc2C)c(C)c1. The van der Waals surface area contributed by atoms with Crippen LogP contribution in [0.1, 0.15) is 41.2 Å². The Balaban J connectivity index is 1.96. The highest BCUT2D eigenvalue weighted by Gasteiger charge is 2.02. The maximum absolute atomic E-state index is 2.38. The molecule has 0 aliphatic carbocycles. The Morgan fingerprint density at radius 3 is 2.00 bits per heavy atom. The van der Waals surface area contributed by atoms with Gasteiger partial charge in [-0.1, -0.05) is 31.2 Å². The highest BCUT2D eigenvalue weighted by molar-refractivity contribution is 14.1. The fourth-order valence-corrected chi connectivity index (χ4v) is 3.31. The minimum absolute atomic E-state index is 1.13. The first-order valence-corrected chi connectivity index (χ1v) is 8.51. The van der Waals surface area contributed by atoms with Crippen molar-refractivity contribution in [1.29, 1.82) is 0 Å². The van der Waals surface area contributed by atoms with Crippen LogP contribution in [0.5, 0.6) is 0 Å². The van der Waals surface area contributed by atoms with Crippen LogP contribution < -0.4 is 0 Å². The van der Waals surface area contributed by atoms with E-state index in [4.69, 9.17) is 0 Å². The number of hydrogen-bond donors (Lipinski definition) is 0. The first-order chi connectivity index (χ1) is 9.60. The second-order valence-corrected chi connectivity index (χ2v) is 6.78. The van der Waals surface area contributed by atoms with Gasteiger partial charge in [-0.25, -0.2) is 0 Å². The summed E-state index contributed by atoms with van der Waals surface area (Å²) in [4.78, 5) is 0. The third-order valence-corrected chi connectivity index (χ3v) is 4.68. The molecule has 0 radical (unpaired) electrons. The Bertz CT molecular complexity index is 584. The summed E-state index contributed by atoms with van der Waals surface area (Å²) in [6.45, 7) is 6.68. The molecule has 0 saturated heterocycles. The van der Waals surface area contributed by atoms with Crippen LogP contribution in [0.15, 0.2) is 36.4 Å². The normalized spacial score (nSPS) is 10.8. The van der Waals surface area contributed by atoms with Crippen LogP contribution >= 0.6 is 22.6 Å². The second kappa shape index (κ2) is 7.26. The van der Waals surface area contributed by atoms with E-state index < -0.39 is 0 Å². The van der Waals surface area contributed by atoms with Crippen LogP contribution in [0, 0.1) is 17.4 Å². The van der Waals surface area contributed by atoms with E-state index in [0.29, 0.717) is 0 Å². The number of hydrogen-bond acceptors (Lipinski definition) is 0. The summed E-state index contributed by atoms with van der Waals surface area (Å²) >= 11 is 2.38. The maximum Gasteiger partial charge on any atom is 0.0133 e. The summed E-state index contributed by atoms with van der Waals surface area (Å²) in [7, 11) is 0. The van der Waals surface area contributed by atoms with Crippen molar-refractivity contribution in [3.05, 3.63) is 67.8 Å². The lowest BCUT2D eigenvalue weighted by Gasteiger charge is -2.09. The van der Waals surface area contributed by atoms with Crippen molar-refractivity contribution in [2.75, 3.05) is 0 Å². The lowest BCUT2D eigenvalue weighted by Crippen LogP contribution is -1.96. The number of aryl methyl sites for hydroxylation is 5. The Labute approximate surface area is 136 Å². The standard InChI is InChI=1S/C19H23I/c1-4-16-8-9-17(14(2)12-16)6-5-7-18-10-11-19(20)13-15(18)3/h8-13H,4-7H2,1-3H3. The van der Waals surface area contributed by atoms with Crippen LogP contribution in [-0.2, 0) is 19.3 Å². The molecule has 0 N–H and O–H groups in total. The molecular weight excluding hydrogens is 355 g/mol. The Morgan fingerprint density at radius 1 is 0.850 bits per heavy atom. The maximum atomic E-state index is 2.38. The summed E-state index contributed by atoms with van der Waals surface area (Å²) < 4.78 is 1.33. The monoisotopic (exact) mass is 378 g/mol. The lowest BCUT2D eigenvalue weighted by atomic mass is 9.97. The van der Waals surface area contributed by atoms with Crippen molar-refractivity contribution in [3.8, 4) is 0 Å². The quantitative estimate of drug-likeness (QED) is 0.590. The molecule has 2 aromatic rings. The fourth-order valence-electron chi connectivity index (χ4n) is 2.67. The molecule has 0 spiro atoms. The molecule has 20 heavy (non-hydrogen) atoms. The molecule has 0 nitrogen and oxygen atoms in total. The van der Waals surface area contributed by atoms with E-state index >= 15 is 0 Å². The van der Waals surface area contributed by atoms with Gasteiger partial charge in [0.2, 0.25) is 0 Å². The van der Waals surface area contributed by atoms with Gasteiger partial charge in [0, 0.05) is 3.57 Å². The topological polar surface area (TPSA) is 0 Å². The molecule has 2 rings (SSSR count). The third-order valence-electron chi connectivity index (χ3n) is 4.01. The van der Waals surface area contributed by atoms with Crippen molar-refractivity contribution < 1.29 is 0 Å². The molecule has 0 atom stereocenters. The van der Waals surface area contributed by atoms with Gasteiger partial charge in [0.1, 0.15) is 0 Å². The van der Waals surface area contributed by atoms with Crippen LogP contribution in [0.25, 0.3) is 0 Å². The van der Waals surface area contributed by atoms with E-state index in [0.717, 1.165) is 6.42 Å². The van der Waals surface area contributed by atoms with E-state index in [1.165, 1.54) is 50.6 Å². The van der Waals surface area contributed by atoms with Gasteiger partial charge in [0.05, 0.1) is 0 Å². The van der Waals surface area contributed by atoms with Crippen molar-refractivity contribution in [3.63, 3.8) is 0 Å². The highest BCUT2D eigenvalue weighted by Crippen LogP contribution is 2.18. The Hall–Kier alpha value is -0.830. The largest absolute Gasteiger partial charge is 0.0613 e. The van der Waals surface area contributed by atoms with Crippen LogP contribution in [0.3, 0.4) is 0 Å². The summed E-state index contributed by atoms with van der Waals surface area (Å²) in [6, 6.07) is 13.7. The van der Waals surface area contributed by atoms with Gasteiger partial charge in [0.15, 0.2) is 0 Å². The van der Waals surface area contributed by atoms with Crippen LogP contribution in [-0.4, -0.2) is 0 Å². The average molecular weight is 378 g/mol. The summed E-state index contributed by atoms with van der Waals surface area (Å²) in [5.74, 6) is 0. The first-order valence-electron chi connectivity index (χ1n) is 7.43. The minimum Gasteiger partial charge on any atom is -0.0613 e. The summed E-state index contributed by atoms with van der Waals surface area (Å²) in [5, 5.41) is 0. The molecule has 0 aromatic heterocycles. The molecule has 0 amide bonds. The summed E-state index contributed by atoms with van der Waals surface area (Å²) in [5.41, 5.74) is 7.32. The molecule has 0 heterocycles. The van der Waals surface area contributed by atoms with Gasteiger partial charge in [-0.05, 0) is 102 Å². The van der Waals surface area contributed by atoms with Gasteiger partial charge in [-0.15, -0.1) is 0 Å². The van der Waals surface area contributed by atoms with Gasteiger partial charge in [-0.3, -0.25) is 0 Å². The zero-order valence-corrected chi connectivity index (χ0v) is 14.8. The van der Waals surface area contributed by atoms with Gasteiger partial charge in [0.25, 0.3) is 0 Å². The minimum atomic E-state index is 1.13. The zero-order valence-electron chi connectivity index (χ0n) is 12.7. The van der Waals surface area contributed by atoms with E-state index in [2.05, 4.69) is 79.8 Å². The number of halogens is 1. The van der Waals surface area contributed by atoms with E-state index in [9.17, 15) is 0 Å². The number of rotatable bonds is 5. The van der Waals surface area contributed by atoms with Crippen molar-refractivity contribution in [2.24, 2.45) is 0 Å². The summed E-state index contributed by atoms with van der Waals surface area (Å²) in [6.07, 6.45) is 4.72. The molecular formula is C19H23I. The number of benzene rings is 2. The van der Waals surface area contributed by atoms with Gasteiger partial charge >= 0.3 is 0 Å². The highest BCUT2D eigenvalue weighted by atomic mass is 127. The predicted molar refractivity (Wildman–Crippen MR) is 96.5 cm³/mol. The molecule has 0 aliphatic rings. The van der Waals surface area contributed by atoms with E-state index in [1.807, 2.05) is 0 Å². The van der Waals surface area contributed by atoms with Gasteiger partial charge in [-0.2, -0.15) is 0 Å². The molecule has 0 unspecified atom stereocenters. The van der Waals surface area contributed by atoms with E-state index in [1.54, 1.807) is 0 Å². The van der Waals surface area contributed by atoms with Crippen molar-refractivity contribution in [1.82, 2.24) is 0 Å². The average Bonchev–Trinajstić information content (AvgIpc) is 2.42. The lowest BCUT2D eigenvalue weighted by molar-refractivity contribution is 0.810. The third kappa shape index (κ3) is 4.08. The molecule has 2 aromatic carbocycles. The van der Waals surface area contributed by atoms with E-state index in [-0.39, 0.29) is 0 Å². The molecule has 106 valence electrons. The predicted octanol–water partition coefficient (Wildman–Crippen LogP) is 5.65. The smallest absolute Gasteiger partial charge is 0.0133 e. The van der Waals surface area contributed by atoms with Crippen LogP contribution in [0.4, 0.5) is 0 Å². The first kappa shape index (κ1) is 15.6. The molecule has 0 bridgehead atoms. The molecule has 0 saturated carbocycles. The molecule has 0 fully saturated rings.